The number of anilines is 1. The number of amides is 1. The number of aryl methyl sites for hydroxylation is 3. The first-order chi connectivity index (χ1) is 14.9. The number of nitrogens with zero attached hydrogens (tertiary/aromatic N) is 6. The van der Waals surface area contributed by atoms with Gasteiger partial charge in [-0.05, 0) is 38.5 Å². The van der Waals surface area contributed by atoms with E-state index < -0.39 is 0 Å². The van der Waals surface area contributed by atoms with Gasteiger partial charge < -0.3 is 11.2 Å². The molecule has 3 heterocycles. The Bertz CT molecular complexity index is 1230. The van der Waals surface area contributed by atoms with Crippen LogP contribution >= 0.6 is 23.1 Å². The van der Waals surface area contributed by atoms with Crippen molar-refractivity contribution in [3.8, 4) is 5.95 Å². The molecule has 0 saturated carbocycles. The van der Waals surface area contributed by atoms with Crippen molar-refractivity contribution < 1.29 is 4.79 Å². The van der Waals surface area contributed by atoms with Crippen LogP contribution in [0.4, 0.5) is 5.69 Å². The lowest BCUT2D eigenvalue weighted by Crippen LogP contribution is -2.17. The van der Waals surface area contributed by atoms with Crippen LogP contribution in [0.3, 0.4) is 0 Å². The van der Waals surface area contributed by atoms with Gasteiger partial charge in [0.2, 0.25) is 11.1 Å². The minimum atomic E-state index is -0.0842. The number of nitrogens with two attached hydrogens (primary N) is 1. The summed E-state index contributed by atoms with van der Waals surface area (Å²) in [6.45, 7) is 5.82. The van der Waals surface area contributed by atoms with Crippen LogP contribution in [0.25, 0.3) is 5.95 Å². The lowest BCUT2D eigenvalue weighted by molar-refractivity contribution is -0.115. The van der Waals surface area contributed by atoms with Gasteiger partial charge in [0.1, 0.15) is 5.01 Å². The first-order valence-corrected chi connectivity index (χ1v) is 11.4. The Morgan fingerprint density at radius 1 is 1.23 bits per heavy atom. The van der Waals surface area contributed by atoms with E-state index in [0.29, 0.717) is 16.9 Å². The summed E-state index contributed by atoms with van der Waals surface area (Å²) in [5.74, 6) is 7.12. The van der Waals surface area contributed by atoms with E-state index in [1.54, 1.807) is 4.68 Å². The van der Waals surface area contributed by atoms with Crippen LogP contribution in [0.5, 0.6) is 0 Å². The molecule has 4 rings (SSSR count). The third-order valence-electron chi connectivity index (χ3n) is 4.52. The van der Waals surface area contributed by atoms with Crippen LogP contribution in [0, 0.1) is 20.8 Å². The van der Waals surface area contributed by atoms with Crippen molar-refractivity contribution in [3.63, 3.8) is 0 Å². The van der Waals surface area contributed by atoms with Crippen molar-refractivity contribution in [2.24, 2.45) is 0 Å². The van der Waals surface area contributed by atoms with E-state index in [4.69, 9.17) is 5.84 Å². The summed E-state index contributed by atoms with van der Waals surface area (Å²) in [5.41, 5.74) is 4.53. The maximum Gasteiger partial charge on any atom is 0.271 e. The Labute approximate surface area is 187 Å². The van der Waals surface area contributed by atoms with E-state index in [9.17, 15) is 4.79 Å². The van der Waals surface area contributed by atoms with Crippen molar-refractivity contribution in [1.29, 1.82) is 0 Å². The molecule has 1 aromatic carbocycles. The summed E-state index contributed by atoms with van der Waals surface area (Å²) in [6.07, 6.45) is 0.235. The summed E-state index contributed by atoms with van der Waals surface area (Å²) in [6, 6.07) is 9.65. The van der Waals surface area contributed by atoms with E-state index in [0.717, 1.165) is 33.3 Å². The average molecular weight is 455 g/mol. The molecule has 0 aliphatic heterocycles. The number of hydrogen-bond donors (Lipinski definition) is 2. The number of carbonyl (C=O) groups is 1. The minimum Gasteiger partial charge on any atom is -0.334 e. The van der Waals surface area contributed by atoms with E-state index in [-0.39, 0.29) is 12.3 Å². The van der Waals surface area contributed by atoms with Gasteiger partial charge in [-0.15, -0.1) is 21.5 Å². The molecule has 9 nitrogen and oxygen atoms in total. The molecule has 31 heavy (non-hydrogen) atoms. The second kappa shape index (κ2) is 8.90. The van der Waals surface area contributed by atoms with Crippen LogP contribution in [0.1, 0.15) is 27.7 Å². The fraction of sp³-hybridized carbons (Fsp3) is 0.250. The highest BCUT2D eigenvalue weighted by atomic mass is 32.2. The monoisotopic (exact) mass is 454 g/mol. The Balaban J connectivity index is 1.36. The summed E-state index contributed by atoms with van der Waals surface area (Å²) in [4.78, 5) is 16.9. The van der Waals surface area contributed by atoms with Crippen molar-refractivity contribution in [3.05, 3.63) is 63.4 Å². The normalized spacial score (nSPS) is 11.1. The SMILES string of the molecule is Cc1cc(C)n(-c2nnc(SCc3csc(CC(=O)Nc4ccccc4C)n3)n2N)n1. The van der Waals surface area contributed by atoms with Crippen molar-refractivity contribution in [2.45, 2.75) is 38.1 Å². The van der Waals surface area contributed by atoms with Gasteiger partial charge in [0.15, 0.2) is 0 Å². The summed E-state index contributed by atoms with van der Waals surface area (Å²) < 4.78 is 3.09. The van der Waals surface area contributed by atoms with E-state index in [1.807, 2.05) is 56.5 Å². The van der Waals surface area contributed by atoms with Crippen molar-refractivity contribution >= 4 is 34.7 Å². The van der Waals surface area contributed by atoms with Gasteiger partial charge >= 0.3 is 0 Å². The third-order valence-corrected chi connectivity index (χ3v) is 6.40. The van der Waals surface area contributed by atoms with Crippen LogP contribution in [0.2, 0.25) is 0 Å². The number of carbonyl (C=O) groups excluding carboxylic acids is 1. The Hall–Kier alpha value is -3.18. The maximum atomic E-state index is 12.3. The molecule has 0 spiro atoms. The van der Waals surface area contributed by atoms with Crippen LogP contribution in [-0.2, 0) is 17.0 Å². The number of nitrogen functional groups attached to an aromatic ring is 1. The van der Waals surface area contributed by atoms with Gasteiger partial charge in [0.05, 0.1) is 17.8 Å². The molecule has 0 aliphatic rings. The molecule has 3 aromatic heterocycles. The lowest BCUT2D eigenvalue weighted by atomic mass is 10.2. The highest BCUT2D eigenvalue weighted by Gasteiger charge is 2.16. The Morgan fingerprint density at radius 2 is 2.03 bits per heavy atom. The Morgan fingerprint density at radius 3 is 2.77 bits per heavy atom. The largest absolute Gasteiger partial charge is 0.334 e. The van der Waals surface area contributed by atoms with Gasteiger partial charge in [-0.1, -0.05) is 30.0 Å². The number of thiazole rings is 1. The molecule has 4 aromatic rings. The summed E-state index contributed by atoms with van der Waals surface area (Å²) in [7, 11) is 0. The minimum absolute atomic E-state index is 0.0842. The molecule has 0 aliphatic carbocycles. The molecule has 3 N–H and O–H groups in total. The zero-order valence-electron chi connectivity index (χ0n) is 17.4. The second-order valence-electron chi connectivity index (χ2n) is 7.05. The first kappa shape index (κ1) is 21.1. The van der Waals surface area contributed by atoms with E-state index in [1.165, 1.54) is 27.8 Å². The number of para-hydroxylation sites is 1. The lowest BCUT2D eigenvalue weighted by Gasteiger charge is -2.06. The summed E-state index contributed by atoms with van der Waals surface area (Å²) in [5, 5.41) is 18.9. The van der Waals surface area contributed by atoms with Crippen LogP contribution in [-0.4, -0.2) is 35.5 Å². The molecule has 1 amide bonds. The Kier molecular flexibility index (Phi) is 6.05. The van der Waals surface area contributed by atoms with Crippen molar-refractivity contribution in [1.82, 2.24) is 29.6 Å². The molecule has 11 heteroatoms. The molecule has 0 fully saturated rings. The zero-order chi connectivity index (χ0) is 22.0. The molecule has 0 bridgehead atoms. The molecule has 0 atom stereocenters. The van der Waals surface area contributed by atoms with Gasteiger partial charge in [-0.25, -0.2) is 14.3 Å². The van der Waals surface area contributed by atoms with Gasteiger partial charge in [0.25, 0.3) is 5.95 Å². The summed E-state index contributed by atoms with van der Waals surface area (Å²) >= 11 is 2.90. The smallest absolute Gasteiger partial charge is 0.271 e. The molecule has 0 saturated heterocycles. The number of rotatable bonds is 7. The average Bonchev–Trinajstić information content (AvgIpc) is 3.41. The van der Waals surface area contributed by atoms with Crippen LogP contribution in [0.15, 0.2) is 40.9 Å². The second-order valence-corrected chi connectivity index (χ2v) is 8.94. The number of benzene rings is 1. The van der Waals surface area contributed by atoms with Crippen LogP contribution < -0.4 is 11.2 Å². The standard InChI is InChI=1S/C20H22N8OS2/c1-12-6-4-5-7-16(12)23-17(29)9-18-22-15(10-30-18)11-31-20-25-24-19(27(20)21)28-14(3)8-13(2)26-28/h4-8,10H,9,11,21H2,1-3H3,(H,23,29). The third kappa shape index (κ3) is 4.78. The topological polar surface area (TPSA) is 117 Å². The highest BCUT2D eigenvalue weighted by Crippen LogP contribution is 2.23. The quantitative estimate of drug-likeness (QED) is 0.326. The van der Waals surface area contributed by atoms with Gasteiger partial charge in [-0.3, -0.25) is 4.79 Å². The number of aromatic nitrogens is 6. The van der Waals surface area contributed by atoms with Crippen molar-refractivity contribution in [2.75, 3.05) is 11.2 Å². The maximum absolute atomic E-state index is 12.3. The molecular weight excluding hydrogens is 432 g/mol. The predicted molar refractivity (Wildman–Crippen MR) is 122 cm³/mol. The van der Waals surface area contributed by atoms with E-state index in [2.05, 4.69) is 25.6 Å². The number of hydrogen-bond acceptors (Lipinski definition) is 8. The van der Waals surface area contributed by atoms with Gasteiger partial charge in [0, 0.05) is 22.5 Å². The van der Waals surface area contributed by atoms with E-state index >= 15 is 0 Å². The zero-order valence-corrected chi connectivity index (χ0v) is 19.0. The predicted octanol–water partition coefficient (Wildman–Crippen LogP) is 3.03. The molecule has 160 valence electrons. The molecule has 0 radical (unpaired) electrons. The van der Waals surface area contributed by atoms with Gasteiger partial charge in [-0.2, -0.15) is 5.10 Å². The fourth-order valence-electron chi connectivity index (χ4n) is 3.02. The molecular formula is C20H22N8OS2. The molecule has 0 unspecified atom stereocenters. The fourth-order valence-corrected chi connectivity index (χ4v) is 4.67. The number of thioether (sulfide) groups is 1. The first-order valence-electron chi connectivity index (χ1n) is 9.56. The highest BCUT2D eigenvalue weighted by molar-refractivity contribution is 7.98. The number of nitrogens with one attached hydrogen (secondary N) is 1.